The van der Waals surface area contributed by atoms with E-state index >= 15 is 0 Å². The van der Waals surface area contributed by atoms with Gasteiger partial charge in [-0.05, 0) is 54.4 Å². The molecule has 0 aliphatic carbocycles. The molecule has 0 aliphatic rings. The standard InChI is InChI=1S/C21H18Cl2N2O3S/c1-14-7-8-15(21(26)24-13-16-9-10-17(22)12-19(16)23)11-20(14)29(27,28)25-18-5-3-2-4-6-18/h2-12,25H,13H2,1H3,(H,24,26). The number of carbonyl (C=O) groups is 1. The van der Waals surface area contributed by atoms with Crippen molar-refractivity contribution in [3.8, 4) is 0 Å². The van der Waals surface area contributed by atoms with Crippen molar-refractivity contribution < 1.29 is 13.2 Å². The van der Waals surface area contributed by atoms with Crippen LogP contribution in [0.2, 0.25) is 10.0 Å². The summed E-state index contributed by atoms with van der Waals surface area (Å²) in [6, 6.07) is 18.1. The minimum absolute atomic E-state index is 0.0403. The number of halogens is 2. The van der Waals surface area contributed by atoms with Crippen LogP contribution in [0.25, 0.3) is 0 Å². The number of para-hydroxylation sites is 1. The minimum atomic E-state index is -3.84. The molecule has 0 bridgehead atoms. The normalized spacial score (nSPS) is 11.1. The van der Waals surface area contributed by atoms with Crippen molar-refractivity contribution in [1.29, 1.82) is 0 Å². The second kappa shape index (κ2) is 8.86. The van der Waals surface area contributed by atoms with E-state index in [1.54, 1.807) is 67.6 Å². The third kappa shape index (κ3) is 5.29. The number of hydrogen-bond donors (Lipinski definition) is 2. The molecular formula is C21H18Cl2N2O3S. The number of sulfonamides is 1. The first kappa shape index (κ1) is 21.2. The Balaban J connectivity index is 1.79. The quantitative estimate of drug-likeness (QED) is 0.554. The fourth-order valence-corrected chi connectivity index (χ4v) is 4.50. The van der Waals surface area contributed by atoms with Crippen molar-refractivity contribution in [2.24, 2.45) is 0 Å². The first-order valence-corrected chi connectivity index (χ1v) is 10.9. The lowest BCUT2D eigenvalue weighted by molar-refractivity contribution is 0.0950. The smallest absolute Gasteiger partial charge is 0.262 e. The molecule has 3 rings (SSSR count). The van der Waals surface area contributed by atoms with Crippen LogP contribution in [0.5, 0.6) is 0 Å². The monoisotopic (exact) mass is 448 g/mol. The van der Waals surface area contributed by atoms with Gasteiger partial charge in [-0.25, -0.2) is 8.42 Å². The molecule has 0 fully saturated rings. The number of carbonyl (C=O) groups excluding carboxylic acids is 1. The van der Waals surface area contributed by atoms with E-state index in [1.165, 1.54) is 6.07 Å². The van der Waals surface area contributed by atoms with Crippen LogP contribution in [0.3, 0.4) is 0 Å². The van der Waals surface area contributed by atoms with E-state index < -0.39 is 15.9 Å². The summed E-state index contributed by atoms with van der Waals surface area (Å²) in [6.07, 6.45) is 0. The van der Waals surface area contributed by atoms with Crippen molar-refractivity contribution in [2.75, 3.05) is 4.72 Å². The van der Waals surface area contributed by atoms with Gasteiger partial charge in [0.1, 0.15) is 0 Å². The second-order valence-corrected chi connectivity index (χ2v) is 8.86. The number of rotatable bonds is 6. The summed E-state index contributed by atoms with van der Waals surface area (Å²) in [5.41, 5.74) is 1.91. The third-order valence-corrected chi connectivity index (χ3v) is 6.33. The molecule has 3 aromatic carbocycles. The molecular weight excluding hydrogens is 431 g/mol. The minimum Gasteiger partial charge on any atom is -0.348 e. The summed E-state index contributed by atoms with van der Waals surface area (Å²) in [7, 11) is -3.84. The van der Waals surface area contributed by atoms with Gasteiger partial charge < -0.3 is 5.32 Å². The van der Waals surface area contributed by atoms with E-state index in [4.69, 9.17) is 23.2 Å². The Bertz CT molecular complexity index is 1150. The lowest BCUT2D eigenvalue weighted by Crippen LogP contribution is -2.24. The first-order valence-electron chi connectivity index (χ1n) is 8.67. The van der Waals surface area contributed by atoms with Gasteiger partial charge in [-0.15, -0.1) is 0 Å². The van der Waals surface area contributed by atoms with Gasteiger partial charge in [-0.1, -0.05) is 53.5 Å². The topological polar surface area (TPSA) is 75.3 Å². The predicted octanol–water partition coefficient (Wildman–Crippen LogP) is 5.03. The largest absolute Gasteiger partial charge is 0.348 e. The van der Waals surface area contributed by atoms with Crippen LogP contribution >= 0.6 is 23.2 Å². The summed E-state index contributed by atoms with van der Waals surface area (Å²) < 4.78 is 28.1. The van der Waals surface area contributed by atoms with Gasteiger partial charge in [-0.3, -0.25) is 9.52 Å². The number of hydrogen-bond acceptors (Lipinski definition) is 3. The zero-order valence-electron chi connectivity index (χ0n) is 15.4. The zero-order chi connectivity index (χ0) is 21.0. The SMILES string of the molecule is Cc1ccc(C(=O)NCc2ccc(Cl)cc2Cl)cc1S(=O)(=O)Nc1ccccc1. The van der Waals surface area contributed by atoms with Crippen molar-refractivity contribution in [1.82, 2.24) is 5.32 Å². The maximum atomic E-state index is 12.8. The maximum absolute atomic E-state index is 12.8. The molecule has 3 aromatic rings. The van der Waals surface area contributed by atoms with Gasteiger partial charge >= 0.3 is 0 Å². The Morgan fingerprint density at radius 1 is 0.966 bits per heavy atom. The number of benzene rings is 3. The maximum Gasteiger partial charge on any atom is 0.262 e. The number of nitrogens with one attached hydrogen (secondary N) is 2. The van der Waals surface area contributed by atoms with E-state index in [0.29, 0.717) is 26.9 Å². The summed E-state index contributed by atoms with van der Waals surface area (Å²) in [6.45, 7) is 1.86. The van der Waals surface area contributed by atoms with Crippen LogP contribution in [-0.4, -0.2) is 14.3 Å². The summed E-state index contributed by atoms with van der Waals surface area (Å²) in [5, 5.41) is 3.69. The molecule has 0 atom stereocenters. The van der Waals surface area contributed by atoms with Crippen LogP contribution in [0, 0.1) is 6.92 Å². The molecule has 0 spiro atoms. The van der Waals surface area contributed by atoms with Gasteiger partial charge in [0, 0.05) is 27.8 Å². The van der Waals surface area contributed by atoms with Crippen molar-refractivity contribution in [3.63, 3.8) is 0 Å². The average Bonchev–Trinajstić information content (AvgIpc) is 2.67. The number of aryl methyl sites for hydroxylation is 1. The molecule has 0 heterocycles. The van der Waals surface area contributed by atoms with Crippen LogP contribution in [0.1, 0.15) is 21.5 Å². The molecule has 29 heavy (non-hydrogen) atoms. The van der Waals surface area contributed by atoms with E-state index in [0.717, 1.165) is 0 Å². The van der Waals surface area contributed by atoms with E-state index in [9.17, 15) is 13.2 Å². The highest BCUT2D eigenvalue weighted by molar-refractivity contribution is 7.92. The molecule has 8 heteroatoms. The molecule has 1 amide bonds. The Morgan fingerprint density at radius 3 is 2.38 bits per heavy atom. The van der Waals surface area contributed by atoms with Gasteiger partial charge in [0.05, 0.1) is 4.90 Å². The average molecular weight is 449 g/mol. The molecule has 5 nitrogen and oxygen atoms in total. The van der Waals surface area contributed by atoms with E-state index in [-0.39, 0.29) is 17.0 Å². The van der Waals surface area contributed by atoms with E-state index in [2.05, 4.69) is 10.0 Å². The molecule has 0 unspecified atom stereocenters. The molecule has 0 saturated heterocycles. The van der Waals surface area contributed by atoms with Crippen molar-refractivity contribution >= 4 is 44.8 Å². The molecule has 0 radical (unpaired) electrons. The molecule has 0 saturated carbocycles. The molecule has 150 valence electrons. The predicted molar refractivity (Wildman–Crippen MR) is 116 cm³/mol. The highest BCUT2D eigenvalue weighted by atomic mass is 35.5. The van der Waals surface area contributed by atoms with Crippen LogP contribution in [0.4, 0.5) is 5.69 Å². The van der Waals surface area contributed by atoms with Crippen LogP contribution in [-0.2, 0) is 16.6 Å². The highest BCUT2D eigenvalue weighted by Crippen LogP contribution is 2.22. The lowest BCUT2D eigenvalue weighted by Gasteiger charge is -2.12. The molecule has 0 aromatic heterocycles. The second-order valence-electron chi connectivity index (χ2n) is 6.37. The highest BCUT2D eigenvalue weighted by Gasteiger charge is 2.19. The van der Waals surface area contributed by atoms with Gasteiger partial charge in [0.2, 0.25) is 0 Å². The fraction of sp³-hybridized carbons (Fsp3) is 0.0952. The third-order valence-electron chi connectivity index (χ3n) is 4.22. The Kier molecular flexibility index (Phi) is 6.47. The Morgan fingerprint density at radius 2 is 1.69 bits per heavy atom. The van der Waals surface area contributed by atoms with Gasteiger partial charge in [0.25, 0.3) is 15.9 Å². The van der Waals surface area contributed by atoms with Gasteiger partial charge in [-0.2, -0.15) is 0 Å². The van der Waals surface area contributed by atoms with Crippen molar-refractivity contribution in [2.45, 2.75) is 18.4 Å². The van der Waals surface area contributed by atoms with E-state index in [1.807, 2.05) is 0 Å². The Labute approximate surface area is 179 Å². The van der Waals surface area contributed by atoms with Crippen LogP contribution < -0.4 is 10.0 Å². The molecule has 2 N–H and O–H groups in total. The fourth-order valence-electron chi connectivity index (χ4n) is 2.69. The van der Waals surface area contributed by atoms with Crippen molar-refractivity contribution in [3.05, 3.63) is 93.5 Å². The van der Waals surface area contributed by atoms with Gasteiger partial charge in [0.15, 0.2) is 0 Å². The lowest BCUT2D eigenvalue weighted by atomic mass is 10.1. The zero-order valence-corrected chi connectivity index (χ0v) is 17.8. The van der Waals surface area contributed by atoms with Crippen LogP contribution in [0.15, 0.2) is 71.6 Å². The summed E-state index contributed by atoms with van der Waals surface area (Å²) in [5.74, 6) is -0.410. The summed E-state index contributed by atoms with van der Waals surface area (Å²) in [4.78, 5) is 12.6. The summed E-state index contributed by atoms with van der Waals surface area (Å²) >= 11 is 12.0. The molecule has 0 aliphatic heterocycles. The number of anilines is 1. The first-order chi connectivity index (χ1) is 13.8. The number of amides is 1. The Hall–Kier alpha value is -2.54.